The Hall–Kier alpha value is -1.75. The van der Waals surface area contributed by atoms with E-state index in [1.165, 1.54) is 11.3 Å². The summed E-state index contributed by atoms with van der Waals surface area (Å²) < 4.78 is 0. The topological polar surface area (TPSA) is 61.4 Å². The molecule has 1 heterocycles. The summed E-state index contributed by atoms with van der Waals surface area (Å²) in [5.74, 6) is 0.173. The lowest BCUT2D eigenvalue weighted by Crippen LogP contribution is -2.39. The van der Waals surface area contributed by atoms with E-state index < -0.39 is 0 Å². The van der Waals surface area contributed by atoms with Crippen LogP contribution in [0.2, 0.25) is 5.02 Å². The van der Waals surface area contributed by atoms with Gasteiger partial charge >= 0.3 is 0 Å². The number of carbonyl (C=O) groups excluding carboxylic acids is 2. The molecule has 0 spiro atoms. The van der Waals surface area contributed by atoms with Crippen molar-refractivity contribution in [3.05, 3.63) is 28.8 Å². The zero-order chi connectivity index (χ0) is 16.8. The minimum atomic E-state index is -0.135. The summed E-state index contributed by atoms with van der Waals surface area (Å²) in [6.07, 6.45) is 1.43. The molecule has 0 radical (unpaired) electrons. The summed E-state index contributed by atoms with van der Waals surface area (Å²) >= 11 is 6.09. The number of aryl methyl sites for hydroxylation is 1. The van der Waals surface area contributed by atoms with Crippen LogP contribution in [0.5, 0.6) is 0 Å². The minimum absolute atomic E-state index is 0.0521. The molecule has 2 N–H and O–H groups in total. The van der Waals surface area contributed by atoms with Gasteiger partial charge in [0.15, 0.2) is 0 Å². The van der Waals surface area contributed by atoms with Crippen molar-refractivity contribution in [2.24, 2.45) is 5.92 Å². The molecule has 1 fully saturated rings. The van der Waals surface area contributed by atoms with Gasteiger partial charge in [0.25, 0.3) is 0 Å². The first-order chi connectivity index (χ1) is 11.0. The van der Waals surface area contributed by atoms with Crippen LogP contribution in [0.3, 0.4) is 0 Å². The fraction of sp³-hybridized carbons (Fsp3) is 0.529. The molecule has 2 rings (SSSR count). The second kappa shape index (κ2) is 8.20. The largest absolute Gasteiger partial charge is 0.371 e. The summed E-state index contributed by atoms with van der Waals surface area (Å²) in [5, 5.41) is 6.22. The molecule has 0 saturated carbocycles. The van der Waals surface area contributed by atoms with Crippen LogP contribution < -0.4 is 15.5 Å². The molecular weight excluding hydrogens is 314 g/mol. The maximum absolute atomic E-state index is 11.7. The van der Waals surface area contributed by atoms with E-state index in [0.29, 0.717) is 18.9 Å². The standard InChI is InChI=1S/C17H24ClN3O2/c1-3-16(22)20-10-17(23)19-9-13-6-7-21(11-13)15-8-14(18)5-4-12(15)2/h4-5,8,13H,3,6-7,9-11H2,1-2H3,(H,19,23)(H,20,22)/t13-/m0/s1. The van der Waals surface area contributed by atoms with Crippen molar-refractivity contribution < 1.29 is 9.59 Å². The van der Waals surface area contributed by atoms with E-state index >= 15 is 0 Å². The molecule has 1 saturated heterocycles. The number of hydrogen-bond acceptors (Lipinski definition) is 3. The number of anilines is 1. The number of benzene rings is 1. The van der Waals surface area contributed by atoms with E-state index in [9.17, 15) is 9.59 Å². The molecule has 0 bridgehead atoms. The van der Waals surface area contributed by atoms with Crippen molar-refractivity contribution in [2.45, 2.75) is 26.7 Å². The number of carbonyl (C=O) groups is 2. The van der Waals surface area contributed by atoms with Gasteiger partial charge in [0, 0.05) is 36.8 Å². The van der Waals surface area contributed by atoms with Gasteiger partial charge < -0.3 is 15.5 Å². The third-order valence-corrected chi connectivity index (χ3v) is 4.39. The summed E-state index contributed by atoms with van der Waals surface area (Å²) in [4.78, 5) is 25.2. The third-order valence-electron chi connectivity index (χ3n) is 4.15. The molecule has 5 nitrogen and oxygen atoms in total. The first-order valence-electron chi connectivity index (χ1n) is 8.04. The normalized spacial score (nSPS) is 17.2. The molecule has 6 heteroatoms. The number of hydrogen-bond donors (Lipinski definition) is 2. The van der Waals surface area contributed by atoms with E-state index in [1.54, 1.807) is 6.92 Å². The van der Waals surface area contributed by atoms with Crippen LogP contribution in [-0.2, 0) is 9.59 Å². The van der Waals surface area contributed by atoms with Gasteiger partial charge in [0.1, 0.15) is 0 Å². The molecule has 1 aromatic carbocycles. The molecule has 1 aliphatic heterocycles. The van der Waals surface area contributed by atoms with Crippen molar-refractivity contribution >= 4 is 29.1 Å². The Labute approximate surface area is 142 Å². The van der Waals surface area contributed by atoms with Gasteiger partial charge in [-0.05, 0) is 37.0 Å². The number of rotatable bonds is 6. The summed E-state index contributed by atoms with van der Waals surface area (Å²) in [6, 6.07) is 5.93. The van der Waals surface area contributed by atoms with Crippen LogP contribution in [0, 0.1) is 12.8 Å². The van der Waals surface area contributed by atoms with Gasteiger partial charge in [-0.1, -0.05) is 24.6 Å². The second-order valence-corrected chi connectivity index (χ2v) is 6.40. The van der Waals surface area contributed by atoms with Crippen LogP contribution in [0.1, 0.15) is 25.3 Å². The first-order valence-corrected chi connectivity index (χ1v) is 8.42. The van der Waals surface area contributed by atoms with E-state index in [4.69, 9.17) is 11.6 Å². The monoisotopic (exact) mass is 337 g/mol. The highest BCUT2D eigenvalue weighted by atomic mass is 35.5. The molecule has 1 aliphatic rings. The van der Waals surface area contributed by atoms with E-state index in [0.717, 1.165) is 24.5 Å². The zero-order valence-electron chi connectivity index (χ0n) is 13.7. The van der Waals surface area contributed by atoms with Crippen LogP contribution in [-0.4, -0.2) is 38.0 Å². The van der Waals surface area contributed by atoms with Crippen molar-refractivity contribution in [3.8, 4) is 0 Å². The number of nitrogens with zero attached hydrogens (tertiary/aromatic N) is 1. The quantitative estimate of drug-likeness (QED) is 0.836. The van der Waals surface area contributed by atoms with Crippen LogP contribution in [0.4, 0.5) is 5.69 Å². The molecule has 23 heavy (non-hydrogen) atoms. The number of halogens is 1. The molecule has 2 amide bonds. The lowest BCUT2D eigenvalue weighted by Gasteiger charge is -2.21. The average molecular weight is 338 g/mol. The summed E-state index contributed by atoms with van der Waals surface area (Å²) in [7, 11) is 0. The molecular formula is C17H24ClN3O2. The van der Waals surface area contributed by atoms with E-state index in [1.807, 2.05) is 18.2 Å². The van der Waals surface area contributed by atoms with Crippen molar-refractivity contribution in [1.82, 2.24) is 10.6 Å². The van der Waals surface area contributed by atoms with Crippen molar-refractivity contribution in [1.29, 1.82) is 0 Å². The molecule has 126 valence electrons. The fourth-order valence-corrected chi connectivity index (χ4v) is 2.93. The highest BCUT2D eigenvalue weighted by Crippen LogP contribution is 2.29. The van der Waals surface area contributed by atoms with Crippen LogP contribution in [0.25, 0.3) is 0 Å². The Morgan fingerprint density at radius 2 is 2.09 bits per heavy atom. The van der Waals surface area contributed by atoms with Gasteiger partial charge in [-0.15, -0.1) is 0 Å². The Morgan fingerprint density at radius 1 is 1.30 bits per heavy atom. The maximum atomic E-state index is 11.7. The Kier molecular flexibility index (Phi) is 6.28. The first kappa shape index (κ1) is 17.6. The molecule has 0 unspecified atom stereocenters. The molecule has 0 aromatic heterocycles. The van der Waals surface area contributed by atoms with Gasteiger partial charge in [-0.2, -0.15) is 0 Å². The molecule has 0 aliphatic carbocycles. The third kappa shape index (κ3) is 5.13. The SMILES string of the molecule is CCC(=O)NCC(=O)NC[C@@H]1CCN(c2cc(Cl)ccc2C)C1. The van der Waals surface area contributed by atoms with Gasteiger partial charge in [0.2, 0.25) is 11.8 Å². The highest BCUT2D eigenvalue weighted by Gasteiger charge is 2.24. The molecule has 1 atom stereocenters. The lowest BCUT2D eigenvalue weighted by atomic mass is 10.1. The minimum Gasteiger partial charge on any atom is -0.371 e. The predicted molar refractivity (Wildman–Crippen MR) is 92.8 cm³/mol. The highest BCUT2D eigenvalue weighted by molar-refractivity contribution is 6.30. The number of amides is 2. The van der Waals surface area contributed by atoms with Gasteiger partial charge in [-0.3, -0.25) is 9.59 Å². The number of nitrogens with one attached hydrogen (secondary N) is 2. The Balaban J connectivity index is 1.78. The second-order valence-electron chi connectivity index (χ2n) is 5.97. The van der Waals surface area contributed by atoms with Crippen LogP contribution in [0.15, 0.2) is 18.2 Å². The van der Waals surface area contributed by atoms with Crippen molar-refractivity contribution in [3.63, 3.8) is 0 Å². The summed E-state index contributed by atoms with van der Waals surface area (Å²) in [6.45, 7) is 6.40. The Bertz CT molecular complexity index is 577. The maximum Gasteiger partial charge on any atom is 0.239 e. The lowest BCUT2D eigenvalue weighted by molar-refractivity contribution is -0.126. The molecule has 1 aromatic rings. The van der Waals surface area contributed by atoms with Gasteiger partial charge in [-0.25, -0.2) is 0 Å². The Morgan fingerprint density at radius 3 is 2.83 bits per heavy atom. The van der Waals surface area contributed by atoms with Crippen molar-refractivity contribution in [2.75, 3.05) is 31.1 Å². The smallest absolute Gasteiger partial charge is 0.239 e. The fourth-order valence-electron chi connectivity index (χ4n) is 2.77. The zero-order valence-corrected chi connectivity index (χ0v) is 14.4. The predicted octanol–water partition coefficient (Wildman–Crippen LogP) is 2.12. The van der Waals surface area contributed by atoms with E-state index in [2.05, 4.69) is 22.5 Å². The van der Waals surface area contributed by atoms with Gasteiger partial charge in [0.05, 0.1) is 6.54 Å². The summed E-state index contributed by atoms with van der Waals surface area (Å²) in [5.41, 5.74) is 2.38. The van der Waals surface area contributed by atoms with E-state index in [-0.39, 0.29) is 18.4 Å². The average Bonchev–Trinajstić information content (AvgIpc) is 3.01. The van der Waals surface area contributed by atoms with Crippen LogP contribution >= 0.6 is 11.6 Å².